The van der Waals surface area contributed by atoms with E-state index >= 15 is 0 Å². The summed E-state index contributed by atoms with van der Waals surface area (Å²) in [6.07, 6.45) is 0. The summed E-state index contributed by atoms with van der Waals surface area (Å²) in [4.78, 5) is 25.5. The molecule has 5 aromatic rings. The zero-order valence-electron chi connectivity index (χ0n) is 18.0. The molecular weight excluding hydrogens is 416 g/mol. The molecule has 0 bridgehead atoms. The summed E-state index contributed by atoms with van der Waals surface area (Å²) in [5, 5.41) is 15.6. The second-order valence-electron chi connectivity index (χ2n) is 7.54. The number of fused-ring (bicyclic) bond motifs is 3. The summed E-state index contributed by atoms with van der Waals surface area (Å²) < 4.78 is 3.52. The first-order chi connectivity index (χ1) is 16.2. The van der Waals surface area contributed by atoms with Gasteiger partial charge in [0.25, 0.3) is 11.5 Å². The number of hydrogen-bond acceptors (Lipinski definition) is 5. The molecule has 0 unspecified atom stereocenters. The number of anilines is 2. The summed E-state index contributed by atoms with van der Waals surface area (Å²) in [7, 11) is 0. The van der Waals surface area contributed by atoms with Crippen LogP contribution in [0, 0.1) is 0 Å². The predicted octanol–water partition coefficient (Wildman–Crippen LogP) is 3.93. The van der Waals surface area contributed by atoms with E-state index in [9.17, 15) is 9.59 Å². The third kappa shape index (κ3) is 3.71. The highest BCUT2D eigenvalue weighted by atomic mass is 16.1. The van der Waals surface area contributed by atoms with Gasteiger partial charge in [-0.05, 0) is 43.3 Å². The number of para-hydroxylation sites is 3. The van der Waals surface area contributed by atoms with Crippen LogP contribution < -0.4 is 16.2 Å². The molecule has 33 heavy (non-hydrogen) atoms. The molecule has 0 saturated carbocycles. The Bertz CT molecular complexity index is 1520. The first-order valence-electron chi connectivity index (χ1n) is 10.7. The Labute approximate surface area is 189 Å². The van der Waals surface area contributed by atoms with Crippen LogP contribution >= 0.6 is 0 Å². The van der Waals surface area contributed by atoms with Crippen molar-refractivity contribution in [3.05, 3.63) is 101 Å². The fourth-order valence-corrected chi connectivity index (χ4v) is 3.92. The molecule has 8 nitrogen and oxygen atoms in total. The maximum absolute atomic E-state index is 12.9. The second kappa shape index (κ2) is 8.58. The topological polar surface area (TPSA) is 93.3 Å². The average Bonchev–Trinajstić information content (AvgIpc) is 3.28. The molecule has 3 aromatic carbocycles. The molecule has 0 aliphatic carbocycles. The van der Waals surface area contributed by atoms with Crippen LogP contribution in [-0.2, 0) is 13.1 Å². The molecule has 0 aliphatic heterocycles. The van der Waals surface area contributed by atoms with Gasteiger partial charge in [0.1, 0.15) is 0 Å². The van der Waals surface area contributed by atoms with Gasteiger partial charge in [0.2, 0.25) is 5.78 Å². The van der Waals surface area contributed by atoms with Gasteiger partial charge < -0.3 is 10.6 Å². The highest BCUT2D eigenvalue weighted by Gasteiger charge is 2.16. The molecule has 0 saturated heterocycles. The van der Waals surface area contributed by atoms with Crippen molar-refractivity contribution in [2.75, 3.05) is 10.6 Å². The van der Waals surface area contributed by atoms with Gasteiger partial charge in [-0.2, -0.15) is 0 Å². The zero-order valence-corrected chi connectivity index (χ0v) is 18.0. The maximum atomic E-state index is 12.9. The number of aryl methyl sites for hydroxylation is 1. The Hall–Kier alpha value is -4.46. The Morgan fingerprint density at radius 2 is 1.58 bits per heavy atom. The molecule has 0 atom stereocenters. The van der Waals surface area contributed by atoms with Crippen molar-refractivity contribution < 1.29 is 4.79 Å². The van der Waals surface area contributed by atoms with Crippen molar-refractivity contribution in [1.82, 2.24) is 19.2 Å². The lowest BCUT2D eigenvalue weighted by Crippen LogP contribution is -2.23. The van der Waals surface area contributed by atoms with Crippen LogP contribution in [0.3, 0.4) is 0 Å². The fraction of sp³-hybridized carbons (Fsp3) is 0.120. The lowest BCUT2D eigenvalue weighted by molar-refractivity contribution is 0.102. The van der Waals surface area contributed by atoms with Gasteiger partial charge in [0.05, 0.1) is 28.8 Å². The van der Waals surface area contributed by atoms with Crippen LogP contribution in [0.25, 0.3) is 16.7 Å². The van der Waals surface area contributed by atoms with Gasteiger partial charge in [-0.25, -0.2) is 0 Å². The molecule has 0 radical (unpaired) electrons. The fourth-order valence-electron chi connectivity index (χ4n) is 3.92. The van der Waals surface area contributed by atoms with Crippen LogP contribution in [0.2, 0.25) is 0 Å². The first kappa shape index (κ1) is 20.4. The number of amides is 1. The van der Waals surface area contributed by atoms with Gasteiger partial charge in [-0.1, -0.05) is 42.5 Å². The highest BCUT2D eigenvalue weighted by Crippen LogP contribution is 2.23. The average molecular weight is 438 g/mol. The van der Waals surface area contributed by atoms with E-state index in [-0.39, 0.29) is 11.5 Å². The zero-order chi connectivity index (χ0) is 22.8. The van der Waals surface area contributed by atoms with Crippen molar-refractivity contribution in [3.63, 3.8) is 0 Å². The van der Waals surface area contributed by atoms with Crippen molar-refractivity contribution in [2.24, 2.45) is 0 Å². The van der Waals surface area contributed by atoms with Gasteiger partial charge >= 0.3 is 0 Å². The van der Waals surface area contributed by atoms with Gasteiger partial charge in [-0.15, -0.1) is 10.2 Å². The van der Waals surface area contributed by atoms with E-state index in [1.54, 1.807) is 16.7 Å². The van der Waals surface area contributed by atoms with Crippen LogP contribution in [-0.4, -0.2) is 25.1 Å². The molecule has 2 aromatic heterocycles. The summed E-state index contributed by atoms with van der Waals surface area (Å²) in [5.74, 6) is 0.979. The predicted molar refractivity (Wildman–Crippen MR) is 129 cm³/mol. The third-order valence-corrected chi connectivity index (χ3v) is 5.54. The van der Waals surface area contributed by atoms with Gasteiger partial charge in [-0.3, -0.25) is 18.6 Å². The normalized spacial score (nSPS) is 11.1. The van der Waals surface area contributed by atoms with E-state index in [4.69, 9.17) is 0 Å². The van der Waals surface area contributed by atoms with Crippen LogP contribution in [0.15, 0.2) is 83.7 Å². The SMILES string of the molecule is CCn1c(=O)c2ccccc2n2c(CNc3ccccc3NC(=O)c3ccccc3)nnc12. The molecule has 5 rings (SSSR count). The van der Waals surface area contributed by atoms with Gasteiger partial charge in [0, 0.05) is 12.1 Å². The number of rotatable bonds is 6. The van der Waals surface area contributed by atoms with Crippen LogP contribution in [0.4, 0.5) is 11.4 Å². The molecule has 0 aliphatic rings. The Kier molecular flexibility index (Phi) is 5.32. The monoisotopic (exact) mass is 438 g/mol. The third-order valence-electron chi connectivity index (χ3n) is 5.54. The van der Waals surface area contributed by atoms with Crippen molar-refractivity contribution >= 4 is 34.0 Å². The number of carbonyl (C=O) groups is 1. The van der Waals surface area contributed by atoms with E-state index in [0.717, 1.165) is 11.2 Å². The van der Waals surface area contributed by atoms with E-state index in [1.807, 2.05) is 78.1 Å². The van der Waals surface area contributed by atoms with Crippen molar-refractivity contribution in [2.45, 2.75) is 20.0 Å². The number of benzene rings is 3. The number of nitrogens with zero attached hydrogens (tertiary/aromatic N) is 4. The summed E-state index contributed by atoms with van der Waals surface area (Å²) in [6, 6.07) is 24.0. The standard InChI is InChI=1S/C25H22N6O2/c1-2-30-24(33)18-12-6-9-15-21(18)31-22(28-29-25(30)31)16-26-19-13-7-8-14-20(19)27-23(32)17-10-4-3-5-11-17/h3-15,26H,2,16H2,1H3,(H,27,32). The molecule has 2 heterocycles. The second-order valence-corrected chi connectivity index (χ2v) is 7.54. The lowest BCUT2D eigenvalue weighted by atomic mass is 10.2. The number of hydrogen-bond donors (Lipinski definition) is 2. The van der Waals surface area contributed by atoms with Gasteiger partial charge in [0.15, 0.2) is 5.82 Å². The summed E-state index contributed by atoms with van der Waals surface area (Å²) in [6.45, 7) is 2.76. The molecule has 2 N–H and O–H groups in total. The molecular formula is C25H22N6O2. The van der Waals surface area contributed by atoms with Crippen molar-refractivity contribution in [1.29, 1.82) is 0 Å². The lowest BCUT2D eigenvalue weighted by Gasteiger charge is -2.13. The minimum Gasteiger partial charge on any atom is -0.376 e. The summed E-state index contributed by atoms with van der Waals surface area (Å²) >= 11 is 0. The molecule has 8 heteroatoms. The van der Waals surface area contributed by atoms with E-state index < -0.39 is 0 Å². The minimum atomic E-state index is -0.185. The Balaban J connectivity index is 1.48. The number of carbonyl (C=O) groups excluding carboxylic acids is 1. The number of nitrogens with one attached hydrogen (secondary N) is 2. The van der Waals surface area contributed by atoms with E-state index in [0.29, 0.717) is 41.3 Å². The van der Waals surface area contributed by atoms with E-state index in [1.165, 1.54) is 0 Å². The quantitative estimate of drug-likeness (QED) is 0.419. The molecule has 1 amide bonds. The highest BCUT2D eigenvalue weighted by molar-refractivity contribution is 6.05. The molecule has 164 valence electrons. The Morgan fingerprint density at radius 1 is 0.879 bits per heavy atom. The van der Waals surface area contributed by atoms with Crippen LogP contribution in [0.1, 0.15) is 23.1 Å². The number of aromatic nitrogens is 4. The molecule has 0 fully saturated rings. The van der Waals surface area contributed by atoms with E-state index in [2.05, 4.69) is 20.8 Å². The largest absolute Gasteiger partial charge is 0.376 e. The van der Waals surface area contributed by atoms with Crippen molar-refractivity contribution in [3.8, 4) is 0 Å². The Morgan fingerprint density at radius 3 is 2.36 bits per heavy atom. The summed E-state index contributed by atoms with van der Waals surface area (Å²) in [5.41, 5.74) is 2.68. The maximum Gasteiger partial charge on any atom is 0.262 e. The molecule has 0 spiro atoms. The first-order valence-corrected chi connectivity index (χ1v) is 10.7. The van der Waals surface area contributed by atoms with Crippen LogP contribution in [0.5, 0.6) is 0 Å². The smallest absolute Gasteiger partial charge is 0.262 e. The minimum absolute atomic E-state index is 0.0820.